The van der Waals surface area contributed by atoms with E-state index >= 15 is 0 Å². The molecule has 0 bridgehead atoms. The summed E-state index contributed by atoms with van der Waals surface area (Å²) in [5, 5.41) is 0. The van der Waals surface area contributed by atoms with Crippen molar-refractivity contribution in [1.29, 1.82) is 0 Å². The van der Waals surface area contributed by atoms with Crippen LogP contribution in [0, 0.1) is 17.3 Å². The number of hydrogen-bond donors (Lipinski definition) is 0. The van der Waals surface area contributed by atoms with Crippen LogP contribution in [0.5, 0.6) is 0 Å². The van der Waals surface area contributed by atoms with Gasteiger partial charge in [0.25, 0.3) is 0 Å². The Morgan fingerprint density at radius 2 is 2.00 bits per heavy atom. The van der Waals surface area contributed by atoms with Crippen LogP contribution >= 0.6 is 0 Å². The van der Waals surface area contributed by atoms with E-state index < -0.39 is 0 Å². The van der Waals surface area contributed by atoms with E-state index in [1.807, 2.05) is 6.92 Å². The van der Waals surface area contributed by atoms with Crippen molar-refractivity contribution in [3.8, 4) is 11.8 Å². The Morgan fingerprint density at radius 1 is 1.36 bits per heavy atom. The van der Waals surface area contributed by atoms with Gasteiger partial charge in [-0.25, -0.2) is 0 Å². The molecule has 0 rings (SSSR count). The second kappa shape index (κ2) is 5.02. The van der Waals surface area contributed by atoms with Gasteiger partial charge in [-0.1, -0.05) is 18.1 Å². The molecule has 0 spiro atoms. The number of rotatable bonds is 3. The molecule has 0 aliphatic carbocycles. The topological polar surface area (TPSA) is 0 Å². The molecule has 0 unspecified atom stereocenters. The van der Waals surface area contributed by atoms with Crippen LogP contribution in [-0.4, -0.2) is 0 Å². The van der Waals surface area contributed by atoms with Gasteiger partial charge in [-0.15, -0.1) is 5.92 Å². The fourth-order valence-corrected chi connectivity index (χ4v) is 1.01. The normalized spacial score (nSPS) is 11.3. The Bertz CT molecular complexity index is 174. The molecule has 0 N–H and O–H groups in total. The maximum absolute atomic E-state index is 3.20. The zero-order chi connectivity index (χ0) is 8.74. The minimum Gasteiger partial charge on any atom is -0.106 e. The molecular weight excluding hydrogens is 132 g/mol. The van der Waals surface area contributed by atoms with Gasteiger partial charge in [0.15, 0.2) is 0 Å². The van der Waals surface area contributed by atoms with Crippen molar-refractivity contribution in [2.75, 3.05) is 0 Å². The van der Waals surface area contributed by atoms with E-state index in [0.29, 0.717) is 0 Å². The zero-order valence-electron chi connectivity index (χ0n) is 8.07. The van der Waals surface area contributed by atoms with Crippen LogP contribution in [0.1, 0.15) is 40.5 Å². The maximum atomic E-state index is 3.20. The molecule has 0 aliphatic heterocycles. The summed E-state index contributed by atoms with van der Waals surface area (Å²) in [6.45, 7) is 8.33. The Hall–Kier alpha value is -0.700. The first-order valence-corrected chi connectivity index (χ1v) is 4.17. The Morgan fingerprint density at radius 3 is 2.45 bits per heavy atom. The van der Waals surface area contributed by atoms with Gasteiger partial charge >= 0.3 is 0 Å². The fraction of sp³-hybridized carbons (Fsp3) is 0.636. The van der Waals surface area contributed by atoms with Crippen LogP contribution in [0.2, 0.25) is 0 Å². The van der Waals surface area contributed by atoms with Gasteiger partial charge in [-0.05, 0) is 40.5 Å². The van der Waals surface area contributed by atoms with Crippen molar-refractivity contribution in [2.45, 2.75) is 40.5 Å². The number of hydrogen-bond acceptors (Lipinski definition) is 0. The smallest absolute Gasteiger partial charge is 0.0261 e. The summed E-state index contributed by atoms with van der Waals surface area (Å²) in [5.74, 6) is 6.16. The van der Waals surface area contributed by atoms with E-state index in [4.69, 9.17) is 0 Å². The average Bonchev–Trinajstić information content (AvgIpc) is 1.87. The lowest BCUT2D eigenvalue weighted by molar-refractivity contribution is 0.463. The molecule has 0 saturated carbocycles. The predicted molar refractivity (Wildman–Crippen MR) is 51.3 cm³/mol. The molecule has 0 aromatic rings. The molecule has 11 heavy (non-hydrogen) atoms. The Kier molecular flexibility index (Phi) is 4.70. The monoisotopic (exact) mass is 150 g/mol. The lowest BCUT2D eigenvalue weighted by Gasteiger charge is -2.15. The molecule has 62 valence electrons. The van der Waals surface area contributed by atoms with Gasteiger partial charge < -0.3 is 0 Å². The highest BCUT2D eigenvalue weighted by Gasteiger charge is 2.11. The van der Waals surface area contributed by atoms with Crippen molar-refractivity contribution < 1.29 is 0 Å². The molecule has 0 radical (unpaired) electrons. The summed E-state index contributed by atoms with van der Waals surface area (Å²) in [7, 11) is 0. The second-order valence-corrected chi connectivity index (χ2v) is 3.37. The highest BCUT2D eigenvalue weighted by molar-refractivity contribution is 5.07. The predicted octanol–water partition coefficient (Wildman–Crippen LogP) is 3.39. The lowest BCUT2D eigenvalue weighted by Crippen LogP contribution is -2.06. The quantitative estimate of drug-likeness (QED) is 0.427. The van der Waals surface area contributed by atoms with Crippen molar-refractivity contribution >= 4 is 0 Å². The molecule has 0 aliphatic rings. The van der Waals surface area contributed by atoms with Gasteiger partial charge in [0.05, 0.1) is 0 Å². The SMILES string of the molecule is CC#CC(C)(C)CC/C=C/C. The molecular formula is C11H18. The minimum atomic E-state index is 0.189. The van der Waals surface area contributed by atoms with E-state index in [0.717, 1.165) is 12.8 Å². The third kappa shape index (κ3) is 5.73. The third-order valence-corrected chi connectivity index (χ3v) is 1.64. The largest absolute Gasteiger partial charge is 0.106 e. The molecule has 0 fully saturated rings. The fourth-order valence-electron chi connectivity index (χ4n) is 1.01. The first kappa shape index (κ1) is 10.3. The van der Waals surface area contributed by atoms with E-state index in [-0.39, 0.29) is 5.41 Å². The van der Waals surface area contributed by atoms with Crippen LogP contribution in [0.15, 0.2) is 12.2 Å². The average molecular weight is 150 g/mol. The molecule has 0 amide bonds. The van der Waals surface area contributed by atoms with Crippen molar-refractivity contribution in [2.24, 2.45) is 5.41 Å². The second-order valence-electron chi connectivity index (χ2n) is 3.37. The van der Waals surface area contributed by atoms with E-state index in [1.54, 1.807) is 0 Å². The van der Waals surface area contributed by atoms with Gasteiger partial charge in [-0.2, -0.15) is 0 Å². The number of allylic oxidation sites excluding steroid dienone is 2. The maximum Gasteiger partial charge on any atom is 0.0261 e. The van der Waals surface area contributed by atoms with E-state index in [1.165, 1.54) is 0 Å². The summed E-state index contributed by atoms with van der Waals surface area (Å²) in [6, 6.07) is 0. The van der Waals surface area contributed by atoms with E-state index in [9.17, 15) is 0 Å². The minimum absolute atomic E-state index is 0.189. The van der Waals surface area contributed by atoms with Crippen LogP contribution in [-0.2, 0) is 0 Å². The Balaban J connectivity index is 3.79. The molecule has 0 saturated heterocycles. The van der Waals surface area contributed by atoms with Crippen molar-refractivity contribution in [3.63, 3.8) is 0 Å². The van der Waals surface area contributed by atoms with Crippen LogP contribution < -0.4 is 0 Å². The molecule has 0 heteroatoms. The molecule has 0 nitrogen and oxygen atoms in total. The molecule has 0 aromatic heterocycles. The summed E-state index contributed by atoms with van der Waals surface area (Å²) in [4.78, 5) is 0. The van der Waals surface area contributed by atoms with Crippen LogP contribution in [0.25, 0.3) is 0 Å². The van der Waals surface area contributed by atoms with Gasteiger partial charge in [-0.3, -0.25) is 0 Å². The highest BCUT2D eigenvalue weighted by atomic mass is 14.1. The van der Waals surface area contributed by atoms with Gasteiger partial charge in [0.1, 0.15) is 0 Å². The zero-order valence-corrected chi connectivity index (χ0v) is 8.07. The van der Waals surface area contributed by atoms with Crippen molar-refractivity contribution in [1.82, 2.24) is 0 Å². The summed E-state index contributed by atoms with van der Waals surface area (Å²) in [6.07, 6.45) is 6.57. The summed E-state index contributed by atoms with van der Waals surface area (Å²) in [5.41, 5.74) is 0.189. The van der Waals surface area contributed by atoms with Gasteiger partial charge in [0.2, 0.25) is 0 Å². The summed E-state index contributed by atoms with van der Waals surface area (Å²) < 4.78 is 0. The molecule has 0 atom stereocenters. The standard InChI is InChI=1S/C11H18/c1-5-7-8-10-11(3,4)9-6-2/h5,7H,8,10H2,1-4H3/b7-5+. The summed E-state index contributed by atoms with van der Waals surface area (Å²) >= 11 is 0. The molecule has 0 heterocycles. The first-order chi connectivity index (χ1) is 5.12. The Labute approximate surface area is 70.7 Å². The van der Waals surface area contributed by atoms with E-state index in [2.05, 4.69) is 44.8 Å². The van der Waals surface area contributed by atoms with Crippen LogP contribution in [0.4, 0.5) is 0 Å². The van der Waals surface area contributed by atoms with Gasteiger partial charge in [0, 0.05) is 5.41 Å². The van der Waals surface area contributed by atoms with Crippen molar-refractivity contribution in [3.05, 3.63) is 12.2 Å². The van der Waals surface area contributed by atoms with Crippen LogP contribution in [0.3, 0.4) is 0 Å². The first-order valence-electron chi connectivity index (χ1n) is 4.17. The highest BCUT2D eigenvalue weighted by Crippen LogP contribution is 2.20. The lowest BCUT2D eigenvalue weighted by atomic mass is 9.88. The molecule has 0 aromatic carbocycles. The third-order valence-electron chi connectivity index (χ3n) is 1.64.